The van der Waals surface area contributed by atoms with Crippen LogP contribution in [-0.4, -0.2) is 64.3 Å². The number of nitrogens with zero attached hydrogens (tertiary/aromatic N) is 6. The monoisotopic (exact) mass is 586 g/mol. The Labute approximate surface area is 256 Å². The number of carbonyl (C=O) groups excluding carboxylic acids is 1. The molecule has 0 N–H and O–H groups in total. The second-order valence-corrected chi connectivity index (χ2v) is 11.4. The molecule has 0 radical (unpaired) electrons. The van der Waals surface area contributed by atoms with Gasteiger partial charge in [-0.05, 0) is 67.2 Å². The second kappa shape index (κ2) is 11.6. The summed E-state index contributed by atoms with van der Waals surface area (Å²) in [5, 5.41) is 0.646. The van der Waals surface area contributed by atoms with Gasteiger partial charge in [0.25, 0.3) is 5.91 Å². The fraction of sp³-hybridized carbons (Fsp3) is 0.171. The van der Waals surface area contributed by atoms with Gasteiger partial charge in [0.05, 0.1) is 23.4 Å². The number of benzene rings is 4. The van der Waals surface area contributed by atoms with E-state index in [4.69, 9.17) is 21.6 Å². The first-order valence-electron chi connectivity index (χ1n) is 14.5. The van der Waals surface area contributed by atoms with Gasteiger partial charge in [-0.1, -0.05) is 66.2 Å². The Morgan fingerprint density at radius 3 is 2.23 bits per heavy atom. The van der Waals surface area contributed by atoms with Crippen LogP contribution in [0.15, 0.2) is 114 Å². The van der Waals surface area contributed by atoms with Crippen LogP contribution in [0.25, 0.3) is 28.5 Å². The lowest BCUT2D eigenvalue weighted by Gasteiger charge is -2.33. The number of fused-ring (bicyclic) bond motifs is 1. The van der Waals surface area contributed by atoms with Crippen LogP contribution < -0.4 is 4.90 Å². The average molecular weight is 587 g/mol. The Kier molecular flexibility index (Phi) is 7.37. The summed E-state index contributed by atoms with van der Waals surface area (Å²) in [4.78, 5) is 30.2. The molecule has 2 aliphatic heterocycles. The third-order valence-electron chi connectivity index (χ3n) is 8.04. The van der Waals surface area contributed by atoms with E-state index in [0.717, 1.165) is 72.1 Å². The zero-order valence-corrected chi connectivity index (χ0v) is 24.7. The van der Waals surface area contributed by atoms with Gasteiger partial charge in [-0.15, -0.1) is 0 Å². The number of hydrogen-bond donors (Lipinski definition) is 0. The van der Waals surface area contributed by atoms with Crippen LogP contribution in [0, 0.1) is 0 Å². The van der Waals surface area contributed by atoms with E-state index in [0.29, 0.717) is 16.6 Å². The van der Waals surface area contributed by atoms with Gasteiger partial charge in [0.15, 0.2) is 0 Å². The fourth-order valence-electron chi connectivity index (χ4n) is 5.64. The number of hydrogen-bond acceptors (Lipinski definition) is 5. The minimum Gasteiger partial charge on any atom is -0.310 e. The van der Waals surface area contributed by atoms with Crippen molar-refractivity contribution >= 4 is 46.1 Å². The Bertz CT molecular complexity index is 1840. The summed E-state index contributed by atoms with van der Waals surface area (Å²) in [7, 11) is 2.17. The molecule has 43 heavy (non-hydrogen) atoms. The van der Waals surface area contributed by atoms with Crippen LogP contribution in [-0.2, 0) is 11.5 Å². The van der Waals surface area contributed by atoms with Crippen molar-refractivity contribution in [2.45, 2.75) is 6.67 Å². The minimum atomic E-state index is -0.177. The molecule has 1 fully saturated rings. The number of anilines is 1. The molecule has 1 amide bonds. The van der Waals surface area contributed by atoms with Crippen LogP contribution in [0.3, 0.4) is 0 Å². The number of aliphatic imine (C=N–C) groups is 1. The van der Waals surface area contributed by atoms with Gasteiger partial charge in [-0.3, -0.25) is 14.6 Å². The Morgan fingerprint density at radius 2 is 1.49 bits per heavy atom. The maximum absolute atomic E-state index is 13.8. The predicted octanol–water partition coefficient (Wildman–Crippen LogP) is 6.40. The minimum absolute atomic E-state index is 0.177. The third kappa shape index (κ3) is 5.50. The molecule has 3 heterocycles. The van der Waals surface area contributed by atoms with Crippen LogP contribution in [0.5, 0.6) is 0 Å². The summed E-state index contributed by atoms with van der Waals surface area (Å²) in [6.45, 7) is 4.93. The normalized spacial score (nSPS) is 17.3. The van der Waals surface area contributed by atoms with Crippen molar-refractivity contribution in [3.05, 3.63) is 125 Å². The molecule has 4 aromatic carbocycles. The maximum atomic E-state index is 13.8. The van der Waals surface area contributed by atoms with Gasteiger partial charge in [0.2, 0.25) is 0 Å². The number of likely N-dealkylation sites (N-methyl/N-ethyl adjacent to an activating group) is 1. The molecule has 7 nitrogen and oxygen atoms in total. The largest absolute Gasteiger partial charge is 0.310 e. The molecule has 0 bridgehead atoms. The molecule has 7 rings (SSSR count). The highest BCUT2D eigenvalue weighted by Crippen LogP contribution is 2.31. The molecule has 0 unspecified atom stereocenters. The SMILES string of the molecule is CN1CCN(Cn2c(-c3ccc(N4C(=O)/C(=C\c5ccc(Cl)cc5)N=C4c4ccccc4)cc3)nc3ccccc32)CC1. The van der Waals surface area contributed by atoms with Gasteiger partial charge in [0.1, 0.15) is 17.4 Å². The maximum Gasteiger partial charge on any atom is 0.282 e. The van der Waals surface area contributed by atoms with Gasteiger partial charge in [-0.25, -0.2) is 9.98 Å². The number of rotatable bonds is 6. The first-order chi connectivity index (χ1) is 21.0. The van der Waals surface area contributed by atoms with E-state index in [1.807, 2.05) is 84.9 Å². The van der Waals surface area contributed by atoms with Crippen LogP contribution >= 0.6 is 11.6 Å². The number of halogens is 1. The molecule has 0 spiro atoms. The zero-order valence-electron chi connectivity index (χ0n) is 23.9. The van der Waals surface area contributed by atoms with Crippen molar-refractivity contribution < 1.29 is 4.79 Å². The van der Waals surface area contributed by atoms with E-state index < -0.39 is 0 Å². The van der Waals surface area contributed by atoms with E-state index in [2.05, 4.69) is 39.6 Å². The molecule has 5 aromatic rings. The Hall–Kier alpha value is -4.56. The van der Waals surface area contributed by atoms with E-state index in [1.165, 1.54) is 0 Å². The summed E-state index contributed by atoms with van der Waals surface area (Å²) >= 11 is 6.07. The average Bonchev–Trinajstić information content (AvgIpc) is 3.57. The predicted molar refractivity (Wildman–Crippen MR) is 174 cm³/mol. The topological polar surface area (TPSA) is 57.0 Å². The van der Waals surface area contributed by atoms with Gasteiger partial charge in [-0.2, -0.15) is 0 Å². The zero-order chi connectivity index (χ0) is 29.3. The van der Waals surface area contributed by atoms with E-state index >= 15 is 0 Å². The lowest BCUT2D eigenvalue weighted by Crippen LogP contribution is -2.44. The van der Waals surface area contributed by atoms with Crippen molar-refractivity contribution in [1.82, 2.24) is 19.4 Å². The molecule has 0 atom stereocenters. The molecule has 214 valence electrons. The third-order valence-corrected chi connectivity index (χ3v) is 8.29. The number of imidazole rings is 1. The van der Waals surface area contributed by atoms with Gasteiger partial charge < -0.3 is 9.47 Å². The highest BCUT2D eigenvalue weighted by Gasteiger charge is 2.32. The van der Waals surface area contributed by atoms with E-state index in [1.54, 1.807) is 11.0 Å². The van der Waals surface area contributed by atoms with Crippen LogP contribution in [0.4, 0.5) is 5.69 Å². The van der Waals surface area contributed by atoms with Crippen LogP contribution in [0.1, 0.15) is 11.1 Å². The standard InChI is InChI=1S/C35H31ClN6O/c1-39-19-21-40(22-20-39)24-41-32-10-6-5-9-30(32)37-33(41)27-13-17-29(18-14-27)42-34(26-7-3-2-4-8-26)38-31(35(42)43)23-25-11-15-28(36)16-12-25/h2-18,23H,19-22,24H2,1H3/b31-23+. The summed E-state index contributed by atoms with van der Waals surface area (Å²) < 4.78 is 2.31. The van der Waals surface area contributed by atoms with Gasteiger partial charge in [0, 0.05) is 42.3 Å². The molecule has 1 aromatic heterocycles. The van der Waals surface area contributed by atoms with Gasteiger partial charge >= 0.3 is 0 Å². The van der Waals surface area contributed by atoms with Crippen molar-refractivity contribution in [2.24, 2.45) is 4.99 Å². The quantitative estimate of drug-likeness (QED) is 0.216. The number of aromatic nitrogens is 2. The molecule has 0 aliphatic carbocycles. The van der Waals surface area contributed by atoms with Crippen molar-refractivity contribution in [3.63, 3.8) is 0 Å². The van der Waals surface area contributed by atoms with E-state index in [-0.39, 0.29) is 5.91 Å². The molecule has 0 saturated carbocycles. The molecule has 2 aliphatic rings. The summed E-state index contributed by atoms with van der Waals surface area (Å²) in [5.41, 5.74) is 5.94. The fourth-order valence-corrected chi connectivity index (χ4v) is 5.77. The number of amidine groups is 1. The number of piperazine rings is 1. The highest BCUT2D eigenvalue weighted by atomic mass is 35.5. The van der Waals surface area contributed by atoms with Crippen molar-refractivity contribution in [3.8, 4) is 11.4 Å². The molecule has 8 heteroatoms. The number of para-hydroxylation sites is 2. The number of carbonyl (C=O) groups is 1. The summed E-state index contributed by atoms with van der Waals surface area (Å²) in [6.07, 6.45) is 1.80. The highest BCUT2D eigenvalue weighted by molar-refractivity contribution is 6.33. The van der Waals surface area contributed by atoms with Crippen LogP contribution in [0.2, 0.25) is 5.02 Å². The molecule has 1 saturated heterocycles. The summed E-state index contributed by atoms with van der Waals surface area (Å²) in [6, 6.07) is 33.5. The number of amides is 1. The lowest BCUT2D eigenvalue weighted by atomic mass is 10.1. The van der Waals surface area contributed by atoms with E-state index in [9.17, 15) is 4.79 Å². The summed E-state index contributed by atoms with van der Waals surface area (Å²) in [5.74, 6) is 1.34. The lowest BCUT2D eigenvalue weighted by molar-refractivity contribution is -0.113. The van der Waals surface area contributed by atoms with Crippen molar-refractivity contribution in [1.29, 1.82) is 0 Å². The molecular formula is C35H31ClN6O. The Morgan fingerprint density at radius 1 is 0.791 bits per heavy atom. The smallest absolute Gasteiger partial charge is 0.282 e. The Balaban J connectivity index is 1.24. The first-order valence-corrected chi connectivity index (χ1v) is 14.8. The van der Waals surface area contributed by atoms with Crippen molar-refractivity contribution in [2.75, 3.05) is 38.1 Å². The second-order valence-electron chi connectivity index (χ2n) is 11.0. The first kappa shape index (κ1) is 27.3. The molecular weight excluding hydrogens is 556 g/mol.